The van der Waals surface area contributed by atoms with E-state index < -0.39 is 0 Å². The molecule has 9 rings (SSSR count). The zero-order valence-electron chi connectivity index (χ0n) is 23.0. The smallest absolute Gasteiger partial charge is 0.145 e. The van der Waals surface area contributed by atoms with Crippen LogP contribution in [0.1, 0.15) is 17.5 Å². The van der Waals surface area contributed by atoms with Gasteiger partial charge in [0.05, 0.1) is 23.1 Å². The van der Waals surface area contributed by atoms with Crippen molar-refractivity contribution in [3.05, 3.63) is 72.1 Å². The van der Waals surface area contributed by atoms with Gasteiger partial charge >= 0.3 is 0 Å². The molecular weight excluding hydrogens is 533 g/mol. The molecule has 0 amide bonds. The van der Waals surface area contributed by atoms with Gasteiger partial charge in [0, 0.05) is 92.0 Å². The summed E-state index contributed by atoms with van der Waals surface area (Å²) in [4.78, 5) is 17.5. The Bertz CT molecular complexity index is 1860. The minimum Gasteiger partial charge on any atom is -0.489 e. The Balaban J connectivity index is 1.03. The van der Waals surface area contributed by atoms with Crippen molar-refractivity contribution in [1.82, 2.24) is 29.6 Å². The number of halogens is 1. The Kier molecular flexibility index (Phi) is 5.65. The molecule has 210 valence electrons. The second kappa shape index (κ2) is 9.56. The van der Waals surface area contributed by atoms with Crippen molar-refractivity contribution in [1.29, 1.82) is 5.26 Å². The van der Waals surface area contributed by atoms with Crippen LogP contribution in [-0.2, 0) is 13.6 Å². The highest BCUT2D eigenvalue weighted by Gasteiger charge is 2.45. The van der Waals surface area contributed by atoms with Gasteiger partial charge in [0.15, 0.2) is 0 Å². The van der Waals surface area contributed by atoms with E-state index in [1.807, 2.05) is 37.6 Å². The number of nitrogens with zero attached hydrogens (tertiary/aromatic N) is 7. The fourth-order valence-corrected chi connectivity index (χ4v) is 6.65. The summed E-state index contributed by atoms with van der Waals surface area (Å²) in [6.07, 6.45) is 8.33. The molecule has 11 heteroatoms. The number of ether oxygens (including phenoxy) is 1. The normalized spacial score (nSPS) is 19.5. The van der Waals surface area contributed by atoms with E-state index in [0.29, 0.717) is 42.2 Å². The van der Waals surface area contributed by atoms with E-state index in [0.717, 1.165) is 70.9 Å². The molecule has 8 heterocycles. The standard InChI is InChI=1S/C31H28FN9O/c1-39-14-21(13-37-39)26-9-25-29(20(10-33)12-36-31(25)38-26)18-2-3-28(35-11-18)40-16-23-8-24(17-40)41(23)15-19-6-22(32)7-27-30(19)34-4-5-42-27/h2-3,6-7,9,11-14,23-24,34H,4-5,8,15-17H2,1H3,(H,36,38). The molecule has 0 spiro atoms. The lowest BCUT2D eigenvalue weighted by Gasteiger charge is -2.57. The van der Waals surface area contributed by atoms with Crippen LogP contribution in [0.25, 0.3) is 33.4 Å². The third-order valence-electron chi connectivity index (χ3n) is 8.66. The zero-order valence-corrected chi connectivity index (χ0v) is 23.0. The third kappa shape index (κ3) is 4.06. The molecule has 2 unspecified atom stereocenters. The first-order valence-corrected chi connectivity index (χ1v) is 14.1. The third-order valence-corrected chi connectivity index (χ3v) is 8.66. The predicted molar refractivity (Wildman–Crippen MR) is 157 cm³/mol. The van der Waals surface area contributed by atoms with E-state index in [1.54, 1.807) is 23.1 Å². The summed E-state index contributed by atoms with van der Waals surface area (Å²) in [6.45, 7) is 3.69. The number of nitrogens with one attached hydrogen (secondary N) is 2. The Hall–Kier alpha value is -4.95. The topological polar surface area (TPSA) is 111 Å². The summed E-state index contributed by atoms with van der Waals surface area (Å²) < 4.78 is 21.7. The number of hydrogen-bond donors (Lipinski definition) is 2. The first kappa shape index (κ1) is 24.8. The van der Waals surface area contributed by atoms with Crippen molar-refractivity contribution in [3.8, 4) is 34.2 Å². The summed E-state index contributed by atoms with van der Waals surface area (Å²) >= 11 is 0. The SMILES string of the molecule is Cn1cc(-c2cc3c(-c4ccc(N5CC6CC(C5)N6Cc5cc(F)cc6c5NCCO6)nc4)c(C#N)cnc3[nH]2)cn1. The largest absolute Gasteiger partial charge is 0.489 e. The average Bonchev–Trinajstić information content (AvgIpc) is 3.65. The van der Waals surface area contributed by atoms with Crippen molar-refractivity contribution >= 4 is 22.5 Å². The lowest BCUT2D eigenvalue weighted by atomic mass is 9.86. The highest BCUT2D eigenvalue weighted by molar-refractivity contribution is 5.98. The van der Waals surface area contributed by atoms with E-state index in [2.05, 4.69) is 36.3 Å². The molecule has 5 aromatic rings. The van der Waals surface area contributed by atoms with Gasteiger partial charge in [-0.2, -0.15) is 10.4 Å². The van der Waals surface area contributed by atoms with Crippen molar-refractivity contribution in [2.75, 3.05) is 36.5 Å². The van der Waals surface area contributed by atoms with Gasteiger partial charge in [-0.1, -0.05) is 0 Å². The van der Waals surface area contributed by atoms with Gasteiger partial charge in [-0.05, 0) is 36.2 Å². The Morgan fingerprint density at radius 2 is 1.98 bits per heavy atom. The summed E-state index contributed by atoms with van der Waals surface area (Å²) in [7, 11) is 1.88. The number of benzene rings is 1. The van der Waals surface area contributed by atoms with E-state index in [-0.39, 0.29) is 5.82 Å². The maximum Gasteiger partial charge on any atom is 0.145 e. The number of anilines is 2. The number of piperidine rings is 1. The summed E-state index contributed by atoms with van der Waals surface area (Å²) in [5.74, 6) is 1.26. The number of aromatic nitrogens is 5. The van der Waals surface area contributed by atoms with Gasteiger partial charge in [0.2, 0.25) is 0 Å². The average molecular weight is 562 g/mol. The number of aryl methyl sites for hydroxylation is 1. The Labute approximate surface area is 241 Å². The van der Waals surface area contributed by atoms with E-state index in [9.17, 15) is 9.65 Å². The molecule has 4 aromatic heterocycles. The van der Waals surface area contributed by atoms with Crippen LogP contribution < -0.4 is 15.0 Å². The summed E-state index contributed by atoms with van der Waals surface area (Å²) in [6, 6.07) is 12.3. The first-order chi connectivity index (χ1) is 20.5. The number of pyridine rings is 2. The lowest BCUT2D eigenvalue weighted by molar-refractivity contribution is -0.00865. The van der Waals surface area contributed by atoms with Crippen LogP contribution in [-0.4, -0.2) is 68.0 Å². The maximum atomic E-state index is 14.3. The van der Waals surface area contributed by atoms with Crippen LogP contribution >= 0.6 is 0 Å². The number of nitriles is 1. The van der Waals surface area contributed by atoms with Crippen molar-refractivity contribution in [2.45, 2.75) is 25.0 Å². The first-order valence-electron chi connectivity index (χ1n) is 14.1. The van der Waals surface area contributed by atoms with E-state index in [1.165, 1.54) is 6.07 Å². The van der Waals surface area contributed by atoms with Crippen molar-refractivity contribution in [2.24, 2.45) is 7.05 Å². The molecule has 1 aromatic carbocycles. The van der Waals surface area contributed by atoms with Gasteiger partial charge in [-0.15, -0.1) is 0 Å². The lowest BCUT2D eigenvalue weighted by Crippen LogP contribution is -2.68. The Morgan fingerprint density at radius 3 is 2.74 bits per heavy atom. The second-order valence-corrected chi connectivity index (χ2v) is 11.2. The summed E-state index contributed by atoms with van der Waals surface area (Å²) in [5.41, 5.74) is 6.61. The van der Waals surface area contributed by atoms with Crippen LogP contribution in [0.15, 0.2) is 55.1 Å². The monoisotopic (exact) mass is 561 g/mol. The highest BCUT2D eigenvalue weighted by atomic mass is 19.1. The fourth-order valence-electron chi connectivity index (χ4n) is 6.65. The van der Waals surface area contributed by atoms with Crippen LogP contribution in [0.4, 0.5) is 15.9 Å². The Morgan fingerprint density at radius 1 is 1.10 bits per heavy atom. The molecule has 3 saturated heterocycles. The molecule has 0 aliphatic carbocycles. The molecule has 2 atom stereocenters. The second-order valence-electron chi connectivity index (χ2n) is 11.2. The number of piperazine rings is 1. The van der Waals surface area contributed by atoms with Crippen LogP contribution in [0.2, 0.25) is 0 Å². The number of rotatable bonds is 5. The minimum absolute atomic E-state index is 0.261. The quantitative estimate of drug-likeness (QED) is 0.327. The van der Waals surface area contributed by atoms with Gasteiger partial charge in [-0.25, -0.2) is 14.4 Å². The van der Waals surface area contributed by atoms with Crippen LogP contribution in [0.3, 0.4) is 0 Å². The van der Waals surface area contributed by atoms with Crippen molar-refractivity contribution in [3.63, 3.8) is 0 Å². The number of fused-ring (bicyclic) bond motifs is 4. The number of aromatic amines is 1. The fraction of sp³-hybridized carbons (Fsp3) is 0.290. The molecule has 42 heavy (non-hydrogen) atoms. The predicted octanol–water partition coefficient (Wildman–Crippen LogP) is 4.30. The van der Waals surface area contributed by atoms with Crippen molar-refractivity contribution < 1.29 is 9.13 Å². The molecule has 4 aliphatic rings. The molecule has 0 saturated carbocycles. The molecule has 4 aliphatic heterocycles. The molecule has 0 radical (unpaired) electrons. The molecule has 2 N–H and O–H groups in total. The van der Waals surface area contributed by atoms with E-state index >= 15 is 0 Å². The molecule has 3 fully saturated rings. The minimum atomic E-state index is -0.261. The van der Waals surface area contributed by atoms with Gasteiger partial charge in [-0.3, -0.25) is 9.58 Å². The van der Waals surface area contributed by atoms with Gasteiger partial charge in [0.25, 0.3) is 0 Å². The molecule has 2 bridgehead atoms. The molecular formula is C31H28FN9O. The zero-order chi connectivity index (χ0) is 28.4. The van der Waals surface area contributed by atoms with E-state index in [4.69, 9.17) is 9.72 Å². The maximum absolute atomic E-state index is 14.3. The van der Waals surface area contributed by atoms with Gasteiger partial charge < -0.3 is 19.9 Å². The van der Waals surface area contributed by atoms with Gasteiger partial charge in [0.1, 0.15) is 35.7 Å². The van der Waals surface area contributed by atoms with Crippen LogP contribution in [0, 0.1) is 17.1 Å². The highest BCUT2D eigenvalue weighted by Crippen LogP contribution is 2.40. The molecule has 10 nitrogen and oxygen atoms in total. The van der Waals surface area contributed by atoms with Crippen LogP contribution in [0.5, 0.6) is 5.75 Å². The summed E-state index contributed by atoms with van der Waals surface area (Å²) in [5, 5.41) is 18.4. The number of hydrogen-bond acceptors (Lipinski definition) is 8. The number of H-pyrrole nitrogens is 1.